The van der Waals surface area contributed by atoms with Crippen molar-refractivity contribution >= 4 is 27.6 Å². The fourth-order valence-electron chi connectivity index (χ4n) is 3.15. The number of hydrogen-bond donors (Lipinski definition) is 1. The number of hydrogen-bond acceptors (Lipinski definition) is 8. The van der Waals surface area contributed by atoms with E-state index >= 15 is 0 Å². The molecule has 0 aliphatic carbocycles. The molecule has 1 aromatic carbocycles. The fraction of sp³-hybridized carbons (Fsp3) is 0.500. The molecule has 2 aromatic rings. The van der Waals surface area contributed by atoms with Gasteiger partial charge >= 0.3 is 5.97 Å². The Morgan fingerprint density at radius 1 is 1.17 bits per heavy atom. The summed E-state index contributed by atoms with van der Waals surface area (Å²) in [6.07, 6.45) is 4.97. The number of aryl methyl sites for hydroxylation is 1. The van der Waals surface area contributed by atoms with Crippen molar-refractivity contribution in [2.45, 2.75) is 44.0 Å². The predicted molar refractivity (Wildman–Crippen MR) is 106 cm³/mol. The molecule has 3 rings (SSSR count). The summed E-state index contributed by atoms with van der Waals surface area (Å²) < 4.78 is 33.7. The van der Waals surface area contributed by atoms with Gasteiger partial charge < -0.3 is 10.1 Å². The van der Waals surface area contributed by atoms with Gasteiger partial charge in [-0.25, -0.2) is 13.1 Å². The lowest BCUT2D eigenvalue weighted by atomic mass is 10.2. The predicted octanol–water partition coefficient (Wildman–Crippen LogP) is 0.728. The van der Waals surface area contributed by atoms with Crippen LogP contribution in [-0.4, -0.2) is 64.5 Å². The van der Waals surface area contributed by atoms with E-state index in [1.54, 1.807) is 19.1 Å². The van der Waals surface area contributed by atoms with Crippen LogP contribution in [0, 0.1) is 6.92 Å². The molecule has 30 heavy (non-hydrogen) atoms. The smallest absolute Gasteiger partial charge is 0.328 e. The Morgan fingerprint density at radius 2 is 1.90 bits per heavy atom. The average Bonchev–Trinajstić information content (AvgIpc) is 3.05. The lowest BCUT2D eigenvalue weighted by Crippen LogP contribution is -2.32. The number of anilines is 1. The summed E-state index contributed by atoms with van der Waals surface area (Å²) in [5.41, 5.74) is 0.917. The zero-order valence-corrected chi connectivity index (χ0v) is 17.5. The molecular formula is C18H24N6O5S. The Morgan fingerprint density at radius 3 is 2.57 bits per heavy atom. The Bertz CT molecular complexity index is 985. The van der Waals surface area contributed by atoms with E-state index in [1.807, 2.05) is 0 Å². The molecule has 1 aliphatic heterocycles. The maximum atomic E-state index is 13.1. The van der Waals surface area contributed by atoms with Gasteiger partial charge in [-0.3, -0.25) is 9.59 Å². The average molecular weight is 436 g/mol. The molecule has 0 spiro atoms. The zero-order chi connectivity index (χ0) is 21.6. The zero-order valence-electron chi connectivity index (χ0n) is 16.7. The number of aromatic nitrogens is 4. The van der Waals surface area contributed by atoms with Crippen LogP contribution in [0.2, 0.25) is 0 Å². The molecule has 1 aliphatic rings. The molecular weight excluding hydrogens is 412 g/mol. The highest BCUT2D eigenvalue weighted by Crippen LogP contribution is 2.25. The third kappa shape index (κ3) is 5.60. The van der Waals surface area contributed by atoms with E-state index in [0.29, 0.717) is 24.3 Å². The second-order valence-corrected chi connectivity index (χ2v) is 8.92. The van der Waals surface area contributed by atoms with Gasteiger partial charge in [-0.1, -0.05) is 18.9 Å². The second-order valence-electron chi connectivity index (χ2n) is 7.01. The Kier molecular flexibility index (Phi) is 7.11. The van der Waals surface area contributed by atoms with Gasteiger partial charge in [0.2, 0.25) is 10.0 Å². The summed E-state index contributed by atoms with van der Waals surface area (Å²) in [6.45, 7) is 1.98. The van der Waals surface area contributed by atoms with Crippen molar-refractivity contribution in [1.29, 1.82) is 0 Å². The number of nitrogens with zero attached hydrogens (tertiary/aromatic N) is 5. The van der Waals surface area contributed by atoms with Crippen LogP contribution in [0.4, 0.5) is 5.69 Å². The molecule has 1 N–H and O–H groups in total. The van der Waals surface area contributed by atoms with Crippen molar-refractivity contribution in [2.75, 3.05) is 25.0 Å². The minimum atomic E-state index is -3.65. The number of tetrazole rings is 1. The number of esters is 1. The van der Waals surface area contributed by atoms with E-state index in [2.05, 4.69) is 20.8 Å². The molecule has 2 heterocycles. The highest BCUT2D eigenvalue weighted by molar-refractivity contribution is 7.89. The van der Waals surface area contributed by atoms with E-state index in [-0.39, 0.29) is 11.4 Å². The van der Waals surface area contributed by atoms with Crippen LogP contribution in [0.15, 0.2) is 29.4 Å². The van der Waals surface area contributed by atoms with E-state index in [0.717, 1.165) is 25.7 Å². The van der Waals surface area contributed by atoms with Crippen molar-refractivity contribution in [3.8, 4) is 0 Å². The number of nitrogens with one attached hydrogen (secondary N) is 1. The van der Waals surface area contributed by atoms with E-state index in [4.69, 9.17) is 4.74 Å². The molecule has 11 nitrogen and oxygen atoms in total. The van der Waals surface area contributed by atoms with Crippen molar-refractivity contribution in [3.63, 3.8) is 0 Å². The normalized spacial score (nSPS) is 15.4. The van der Waals surface area contributed by atoms with Gasteiger partial charge in [0, 0.05) is 18.8 Å². The Hall–Kier alpha value is -2.86. The lowest BCUT2D eigenvalue weighted by molar-refractivity contribution is -0.148. The third-order valence-corrected chi connectivity index (χ3v) is 6.74. The van der Waals surface area contributed by atoms with Gasteiger partial charge in [0.05, 0.1) is 4.90 Å². The van der Waals surface area contributed by atoms with Crippen molar-refractivity contribution < 1.29 is 22.7 Å². The summed E-state index contributed by atoms with van der Waals surface area (Å²) in [5, 5.41) is 12.9. The van der Waals surface area contributed by atoms with Crippen LogP contribution in [0.5, 0.6) is 0 Å². The first-order valence-electron chi connectivity index (χ1n) is 9.63. The number of sulfonamides is 1. The minimum Gasteiger partial charge on any atom is -0.454 e. The summed E-state index contributed by atoms with van der Waals surface area (Å²) in [6, 6.07) is 4.69. The van der Waals surface area contributed by atoms with Crippen LogP contribution >= 0.6 is 0 Å². The van der Waals surface area contributed by atoms with Crippen molar-refractivity contribution in [2.24, 2.45) is 0 Å². The molecule has 0 unspecified atom stereocenters. The minimum absolute atomic E-state index is 0.165. The van der Waals surface area contributed by atoms with Gasteiger partial charge in [-0.05, 0) is 47.9 Å². The van der Waals surface area contributed by atoms with Crippen LogP contribution in [0.1, 0.15) is 31.2 Å². The van der Waals surface area contributed by atoms with Gasteiger partial charge in [0.15, 0.2) is 6.61 Å². The molecule has 1 aromatic heterocycles. The maximum absolute atomic E-state index is 13.1. The molecule has 12 heteroatoms. The standard InChI is InChI=1S/C18H24N6O5S/c1-14-6-7-15(10-16(14)30(27,28)24-8-4-2-3-5-9-24)20-17(25)12-29-18(26)11-23-13-19-21-22-23/h6-7,10,13H,2-5,8-9,11-12H2,1H3,(H,20,25). The topological polar surface area (TPSA) is 136 Å². The Labute approximate surface area is 174 Å². The first-order chi connectivity index (χ1) is 14.4. The molecule has 0 saturated carbocycles. The number of amides is 1. The highest BCUT2D eigenvalue weighted by Gasteiger charge is 2.27. The molecule has 0 bridgehead atoms. The van der Waals surface area contributed by atoms with Crippen molar-refractivity contribution in [1.82, 2.24) is 24.5 Å². The number of benzene rings is 1. The molecule has 162 valence electrons. The van der Waals surface area contributed by atoms with E-state index in [1.165, 1.54) is 21.4 Å². The Balaban J connectivity index is 1.62. The fourth-order valence-corrected chi connectivity index (χ4v) is 4.92. The van der Waals surface area contributed by atoms with Gasteiger partial charge in [0.1, 0.15) is 12.9 Å². The van der Waals surface area contributed by atoms with Gasteiger partial charge in [-0.15, -0.1) is 5.10 Å². The highest BCUT2D eigenvalue weighted by atomic mass is 32.2. The van der Waals surface area contributed by atoms with Gasteiger partial charge in [0.25, 0.3) is 5.91 Å². The summed E-state index contributed by atoms with van der Waals surface area (Å²) in [4.78, 5) is 24.0. The number of carbonyl (C=O) groups is 2. The largest absolute Gasteiger partial charge is 0.454 e. The number of rotatable bonds is 7. The maximum Gasteiger partial charge on any atom is 0.328 e. The quantitative estimate of drug-likeness (QED) is 0.627. The second kappa shape index (κ2) is 9.76. The molecule has 0 atom stereocenters. The van der Waals surface area contributed by atoms with Crippen LogP contribution in [0.3, 0.4) is 0 Å². The van der Waals surface area contributed by atoms with E-state index < -0.39 is 28.5 Å². The molecule has 1 saturated heterocycles. The van der Waals surface area contributed by atoms with E-state index in [9.17, 15) is 18.0 Å². The lowest BCUT2D eigenvalue weighted by Gasteiger charge is -2.21. The molecule has 1 amide bonds. The summed E-state index contributed by atoms with van der Waals surface area (Å²) in [7, 11) is -3.65. The van der Waals surface area contributed by atoms with Crippen LogP contribution in [0.25, 0.3) is 0 Å². The number of ether oxygens (including phenoxy) is 1. The third-order valence-electron chi connectivity index (χ3n) is 4.70. The first-order valence-corrected chi connectivity index (χ1v) is 11.1. The van der Waals surface area contributed by atoms with Gasteiger partial charge in [-0.2, -0.15) is 4.31 Å². The summed E-state index contributed by atoms with van der Waals surface area (Å²) in [5.74, 6) is -1.26. The first kappa shape index (κ1) is 21.8. The van der Waals surface area contributed by atoms with Crippen LogP contribution in [-0.2, 0) is 30.9 Å². The van der Waals surface area contributed by atoms with Crippen molar-refractivity contribution in [3.05, 3.63) is 30.1 Å². The summed E-state index contributed by atoms with van der Waals surface area (Å²) >= 11 is 0. The van der Waals surface area contributed by atoms with Crippen LogP contribution < -0.4 is 5.32 Å². The molecule has 0 radical (unpaired) electrons. The monoisotopic (exact) mass is 436 g/mol. The molecule has 1 fully saturated rings. The number of carbonyl (C=O) groups excluding carboxylic acids is 2. The SMILES string of the molecule is Cc1ccc(NC(=O)COC(=O)Cn2cnnn2)cc1S(=O)(=O)N1CCCCCC1.